The predicted molar refractivity (Wildman–Crippen MR) is 32.5 cm³/mol. The Kier molecular flexibility index (Phi) is 1.74. The molecule has 0 spiro atoms. The lowest BCUT2D eigenvalue weighted by Gasteiger charge is -1.88. The highest BCUT2D eigenvalue weighted by molar-refractivity contribution is 5.72. The summed E-state index contributed by atoms with van der Waals surface area (Å²) in [5.41, 5.74) is 0. The molecule has 0 radical (unpaired) electrons. The number of carbonyl (C=O) groups is 1. The standard InChI is InChI=1S/C7H8O2/c1-2-3-6-4-7(8)9-5-6/h6H,4-5H2,1H3. The van der Waals surface area contributed by atoms with Gasteiger partial charge in [-0.05, 0) is 6.92 Å². The molecule has 0 aromatic rings. The van der Waals surface area contributed by atoms with Gasteiger partial charge in [0.05, 0.1) is 12.3 Å². The zero-order chi connectivity index (χ0) is 6.69. The first-order valence-electron chi connectivity index (χ1n) is 2.91. The van der Waals surface area contributed by atoms with Crippen LogP contribution in [0.2, 0.25) is 0 Å². The molecule has 0 aromatic heterocycles. The fourth-order valence-electron chi connectivity index (χ4n) is 0.809. The summed E-state index contributed by atoms with van der Waals surface area (Å²) < 4.78 is 4.68. The van der Waals surface area contributed by atoms with Crippen LogP contribution in [0.25, 0.3) is 0 Å². The minimum atomic E-state index is -0.122. The van der Waals surface area contributed by atoms with E-state index in [1.807, 2.05) is 0 Å². The molecule has 1 fully saturated rings. The van der Waals surface area contributed by atoms with E-state index in [9.17, 15) is 4.79 Å². The van der Waals surface area contributed by atoms with Crippen molar-refractivity contribution in [3.05, 3.63) is 0 Å². The van der Waals surface area contributed by atoms with Crippen molar-refractivity contribution in [1.29, 1.82) is 0 Å². The highest BCUT2D eigenvalue weighted by atomic mass is 16.5. The van der Waals surface area contributed by atoms with E-state index in [1.54, 1.807) is 6.92 Å². The highest BCUT2D eigenvalue weighted by Crippen LogP contribution is 2.11. The van der Waals surface area contributed by atoms with E-state index in [-0.39, 0.29) is 11.9 Å². The number of carbonyl (C=O) groups excluding carboxylic acids is 1. The molecule has 0 bridgehead atoms. The molecule has 48 valence electrons. The van der Waals surface area contributed by atoms with Crippen LogP contribution >= 0.6 is 0 Å². The highest BCUT2D eigenvalue weighted by Gasteiger charge is 2.20. The minimum Gasteiger partial charge on any atom is -0.464 e. The summed E-state index contributed by atoms with van der Waals surface area (Å²) in [6, 6.07) is 0. The number of hydrogen-bond donors (Lipinski definition) is 0. The first kappa shape index (κ1) is 6.15. The van der Waals surface area contributed by atoms with Crippen molar-refractivity contribution >= 4 is 5.97 Å². The van der Waals surface area contributed by atoms with Gasteiger partial charge in [-0.1, -0.05) is 5.92 Å². The molecule has 0 N–H and O–H groups in total. The van der Waals surface area contributed by atoms with Crippen LogP contribution in [0.3, 0.4) is 0 Å². The van der Waals surface area contributed by atoms with Crippen LogP contribution in [-0.2, 0) is 9.53 Å². The molecule has 1 unspecified atom stereocenters. The molecule has 1 aliphatic rings. The minimum absolute atomic E-state index is 0.122. The monoisotopic (exact) mass is 124 g/mol. The van der Waals surface area contributed by atoms with Gasteiger partial charge in [-0.3, -0.25) is 4.79 Å². The first-order valence-corrected chi connectivity index (χ1v) is 2.91. The van der Waals surface area contributed by atoms with E-state index in [2.05, 4.69) is 16.6 Å². The molecule has 0 aliphatic carbocycles. The smallest absolute Gasteiger partial charge is 0.307 e. The number of esters is 1. The Bertz CT molecular complexity index is 173. The lowest BCUT2D eigenvalue weighted by atomic mass is 10.1. The summed E-state index contributed by atoms with van der Waals surface area (Å²) in [4.78, 5) is 10.4. The fourth-order valence-corrected chi connectivity index (χ4v) is 0.809. The van der Waals surface area contributed by atoms with Crippen molar-refractivity contribution in [2.75, 3.05) is 6.61 Å². The Hall–Kier alpha value is -0.970. The molecule has 9 heavy (non-hydrogen) atoms. The van der Waals surface area contributed by atoms with Gasteiger partial charge >= 0.3 is 5.97 Å². The lowest BCUT2D eigenvalue weighted by Crippen LogP contribution is -1.92. The molecule has 2 heteroatoms. The zero-order valence-electron chi connectivity index (χ0n) is 5.31. The quantitative estimate of drug-likeness (QED) is 0.348. The Morgan fingerprint density at radius 1 is 1.78 bits per heavy atom. The van der Waals surface area contributed by atoms with E-state index >= 15 is 0 Å². The van der Waals surface area contributed by atoms with Gasteiger partial charge in [-0.15, -0.1) is 5.92 Å². The maximum atomic E-state index is 10.4. The van der Waals surface area contributed by atoms with Crippen LogP contribution in [0.15, 0.2) is 0 Å². The normalized spacial score (nSPS) is 24.6. The van der Waals surface area contributed by atoms with Crippen molar-refractivity contribution < 1.29 is 9.53 Å². The summed E-state index contributed by atoms with van der Waals surface area (Å²) in [6.07, 6.45) is 0.473. The number of rotatable bonds is 0. The van der Waals surface area contributed by atoms with Crippen molar-refractivity contribution in [3.8, 4) is 11.8 Å². The average molecular weight is 124 g/mol. The molecular weight excluding hydrogens is 116 g/mol. The summed E-state index contributed by atoms with van der Waals surface area (Å²) >= 11 is 0. The molecule has 1 heterocycles. The third kappa shape index (κ3) is 1.46. The van der Waals surface area contributed by atoms with Crippen LogP contribution < -0.4 is 0 Å². The van der Waals surface area contributed by atoms with Gasteiger partial charge in [-0.25, -0.2) is 0 Å². The summed E-state index contributed by atoms with van der Waals surface area (Å²) in [5, 5.41) is 0. The third-order valence-corrected chi connectivity index (χ3v) is 1.21. The molecule has 1 saturated heterocycles. The van der Waals surface area contributed by atoms with Crippen LogP contribution in [-0.4, -0.2) is 12.6 Å². The van der Waals surface area contributed by atoms with E-state index in [0.717, 1.165) is 0 Å². The maximum Gasteiger partial charge on any atom is 0.307 e. The topological polar surface area (TPSA) is 26.3 Å². The molecule has 0 saturated carbocycles. The van der Waals surface area contributed by atoms with E-state index < -0.39 is 0 Å². The number of cyclic esters (lactones) is 1. The SMILES string of the molecule is CC#CC1COC(=O)C1. The second-order valence-electron chi connectivity index (χ2n) is 1.98. The molecule has 1 atom stereocenters. The predicted octanol–water partition coefficient (Wildman–Crippen LogP) is 0.573. The van der Waals surface area contributed by atoms with E-state index in [4.69, 9.17) is 0 Å². The van der Waals surface area contributed by atoms with Crippen LogP contribution in [0.4, 0.5) is 0 Å². The van der Waals surface area contributed by atoms with E-state index in [0.29, 0.717) is 13.0 Å². The van der Waals surface area contributed by atoms with Crippen molar-refractivity contribution in [2.24, 2.45) is 5.92 Å². The first-order chi connectivity index (χ1) is 4.33. The lowest BCUT2D eigenvalue weighted by molar-refractivity contribution is -0.137. The number of ether oxygens (including phenoxy) is 1. The molecule has 1 aliphatic heterocycles. The number of hydrogen-bond acceptors (Lipinski definition) is 2. The van der Waals surface area contributed by atoms with Gasteiger partial charge in [0, 0.05) is 0 Å². The van der Waals surface area contributed by atoms with Gasteiger partial charge in [0.2, 0.25) is 0 Å². The largest absolute Gasteiger partial charge is 0.464 e. The second kappa shape index (κ2) is 2.54. The van der Waals surface area contributed by atoms with Gasteiger partial charge < -0.3 is 4.74 Å². The Morgan fingerprint density at radius 2 is 2.56 bits per heavy atom. The van der Waals surface area contributed by atoms with E-state index in [1.165, 1.54) is 0 Å². The van der Waals surface area contributed by atoms with Gasteiger partial charge in [0.1, 0.15) is 6.61 Å². The summed E-state index contributed by atoms with van der Waals surface area (Å²) in [7, 11) is 0. The van der Waals surface area contributed by atoms with Crippen molar-refractivity contribution in [2.45, 2.75) is 13.3 Å². The van der Waals surface area contributed by atoms with Crippen molar-refractivity contribution in [1.82, 2.24) is 0 Å². The molecule has 2 nitrogen and oxygen atoms in total. The Labute approximate surface area is 54.2 Å². The fraction of sp³-hybridized carbons (Fsp3) is 0.571. The third-order valence-electron chi connectivity index (χ3n) is 1.21. The summed E-state index contributed by atoms with van der Waals surface area (Å²) in [5.74, 6) is 5.66. The molecule has 0 aromatic carbocycles. The van der Waals surface area contributed by atoms with Gasteiger partial charge in [-0.2, -0.15) is 0 Å². The van der Waals surface area contributed by atoms with Gasteiger partial charge in [0.25, 0.3) is 0 Å². The summed E-state index contributed by atoms with van der Waals surface area (Å²) in [6.45, 7) is 2.25. The molecule has 1 rings (SSSR count). The average Bonchev–Trinajstić information content (AvgIpc) is 2.17. The second-order valence-corrected chi connectivity index (χ2v) is 1.98. The Balaban J connectivity index is 2.45. The zero-order valence-corrected chi connectivity index (χ0v) is 5.31. The molecule has 0 amide bonds. The Morgan fingerprint density at radius 3 is 3.00 bits per heavy atom. The van der Waals surface area contributed by atoms with Gasteiger partial charge in [0.15, 0.2) is 0 Å². The molecular formula is C7H8O2. The maximum absolute atomic E-state index is 10.4. The van der Waals surface area contributed by atoms with Crippen molar-refractivity contribution in [3.63, 3.8) is 0 Å². The van der Waals surface area contributed by atoms with Crippen LogP contribution in [0.1, 0.15) is 13.3 Å². The van der Waals surface area contributed by atoms with Crippen LogP contribution in [0.5, 0.6) is 0 Å². The van der Waals surface area contributed by atoms with Crippen LogP contribution in [0, 0.1) is 17.8 Å².